The van der Waals surface area contributed by atoms with Crippen LogP contribution in [0.5, 0.6) is 0 Å². The molecule has 0 aliphatic heterocycles. The van der Waals surface area contributed by atoms with Crippen LogP contribution in [0.2, 0.25) is 0 Å². The molecule has 0 atom stereocenters. The second-order valence-electron chi connectivity index (χ2n) is 14.8. The maximum atomic E-state index is 5.27. The minimum Gasteiger partial charge on any atom is -0.238 e. The number of nitrogens with zero attached hydrogens (tertiary/aromatic N) is 2. The third kappa shape index (κ3) is 25.1. The van der Waals surface area contributed by atoms with Gasteiger partial charge in [-0.3, -0.25) is 0 Å². The average molecular weight is 640 g/mol. The van der Waals surface area contributed by atoms with Crippen molar-refractivity contribution in [2.24, 2.45) is 0 Å². The maximum absolute atomic E-state index is 5.27. The lowest BCUT2D eigenvalue weighted by Gasteiger charge is -2.16. The average Bonchev–Trinajstić information content (AvgIpc) is 3.07. The van der Waals surface area contributed by atoms with Crippen LogP contribution in [-0.2, 0) is 25.7 Å². The zero-order valence-corrected chi connectivity index (χ0v) is 32.1. The van der Waals surface area contributed by atoms with Gasteiger partial charge in [0.2, 0.25) is 0 Å². The summed E-state index contributed by atoms with van der Waals surface area (Å²) in [6.07, 6.45) is 48.6. The van der Waals surface area contributed by atoms with Crippen molar-refractivity contribution < 1.29 is 0 Å². The van der Waals surface area contributed by atoms with E-state index in [1.165, 1.54) is 210 Å². The molecule has 0 bridgehead atoms. The Bertz CT molecular complexity index is 711. The first-order valence-corrected chi connectivity index (χ1v) is 21.4. The monoisotopic (exact) mass is 640 g/mol. The largest absolute Gasteiger partial charge is 0.238 e. The van der Waals surface area contributed by atoms with E-state index in [0.29, 0.717) is 0 Å². The predicted molar refractivity (Wildman–Crippen MR) is 207 cm³/mol. The van der Waals surface area contributed by atoms with Gasteiger partial charge in [-0.15, -0.1) is 0 Å². The third-order valence-corrected chi connectivity index (χ3v) is 10.2. The van der Waals surface area contributed by atoms with Gasteiger partial charge in [-0.1, -0.05) is 207 Å². The van der Waals surface area contributed by atoms with Gasteiger partial charge in [0, 0.05) is 17.8 Å². The molecule has 46 heavy (non-hydrogen) atoms. The summed E-state index contributed by atoms with van der Waals surface area (Å²) >= 11 is 0. The van der Waals surface area contributed by atoms with Crippen molar-refractivity contribution in [3.05, 3.63) is 29.7 Å². The van der Waals surface area contributed by atoms with Crippen LogP contribution in [0.1, 0.15) is 249 Å². The Morgan fingerprint density at radius 2 is 0.609 bits per heavy atom. The number of hydrogen-bond donors (Lipinski definition) is 0. The molecule has 1 rings (SSSR count). The second-order valence-corrected chi connectivity index (χ2v) is 14.8. The molecule has 0 amide bonds. The van der Waals surface area contributed by atoms with Gasteiger partial charge in [-0.2, -0.15) is 0 Å². The Kier molecular flexibility index (Phi) is 31.8. The summed E-state index contributed by atoms with van der Waals surface area (Å²) < 4.78 is 0. The fourth-order valence-corrected chi connectivity index (χ4v) is 7.08. The number of aromatic nitrogens is 2. The summed E-state index contributed by atoms with van der Waals surface area (Å²) in [5.41, 5.74) is 4.41. The molecule has 1 heterocycles. The molecule has 0 N–H and O–H groups in total. The fourth-order valence-electron chi connectivity index (χ4n) is 7.08. The minimum absolute atomic E-state index is 0.977. The van der Waals surface area contributed by atoms with E-state index in [0.717, 1.165) is 37.9 Å². The molecular formula is C44H83N2. The lowest BCUT2D eigenvalue weighted by atomic mass is 9.96. The van der Waals surface area contributed by atoms with E-state index in [1.54, 1.807) is 5.56 Å². The highest BCUT2D eigenvalue weighted by molar-refractivity contribution is 5.27. The lowest BCUT2D eigenvalue weighted by Crippen LogP contribution is -2.11. The molecule has 1 radical (unpaired) electrons. The van der Waals surface area contributed by atoms with Crippen molar-refractivity contribution in [3.8, 4) is 0 Å². The highest BCUT2D eigenvalue weighted by Gasteiger charge is 2.14. The molecule has 0 aromatic carbocycles. The van der Waals surface area contributed by atoms with E-state index in [1.807, 2.05) is 0 Å². The highest BCUT2D eigenvalue weighted by atomic mass is 14.9. The zero-order valence-electron chi connectivity index (χ0n) is 32.1. The van der Waals surface area contributed by atoms with Crippen LogP contribution >= 0.6 is 0 Å². The summed E-state index contributed by atoms with van der Waals surface area (Å²) in [6, 6.07) is 0. The van der Waals surface area contributed by atoms with Crippen molar-refractivity contribution >= 4 is 0 Å². The first-order chi connectivity index (χ1) is 22.8. The Morgan fingerprint density at radius 1 is 0.326 bits per heavy atom. The smallest absolute Gasteiger partial charge is 0.128 e. The Hall–Kier alpha value is -0.920. The van der Waals surface area contributed by atoms with E-state index in [9.17, 15) is 0 Å². The van der Waals surface area contributed by atoms with Crippen LogP contribution in [0.3, 0.4) is 0 Å². The van der Waals surface area contributed by atoms with E-state index in [-0.39, 0.29) is 0 Å². The van der Waals surface area contributed by atoms with Crippen LogP contribution in [-0.4, -0.2) is 9.97 Å². The van der Waals surface area contributed by atoms with Gasteiger partial charge in [0.25, 0.3) is 0 Å². The van der Waals surface area contributed by atoms with Crippen molar-refractivity contribution in [3.63, 3.8) is 0 Å². The molecule has 1 aromatic rings. The van der Waals surface area contributed by atoms with Crippen molar-refractivity contribution in [1.29, 1.82) is 0 Å². The van der Waals surface area contributed by atoms with E-state index < -0.39 is 0 Å². The van der Waals surface area contributed by atoms with Gasteiger partial charge in [-0.05, 0) is 50.5 Å². The third-order valence-electron chi connectivity index (χ3n) is 10.2. The molecule has 0 fully saturated rings. The number of aryl methyl sites for hydroxylation is 3. The minimum atomic E-state index is 0.977. The molecule has 0 aliphatic carbocycles. The second kappa shape index (κ2) is 34.0. The van der Waals surface area contributed by atoms with Crippen LogP contribution < -0.4 is 0 Å². The standard InChI is InChI=1S/C44H83N2/c1-5-9-13-16-19-22-25-28-31-34-37-41-42(38-35-32-29-26-23-20-17-14-10-6-2)45-44(40-12-8-4)46-43(41)39-36-33-30-27-24-21-18-15-11-7-3/h4-40H2,1-3H3. The van der Waals surface area contributed by atoms with Gasteiger partial charge in [0.1, 0.15) is 5.82 Å². The van der Waals surface area contributed by atoms with Gasteiger partial charge in [0.05, 0.1) is 0 Å². The van der Waals surface area contributed by atoms with Crippen molar-refractivity contribution in [2.45, 2.75) is 252 Å². The van der Waals surface area contributed by atoms with Gasteiger partial charge in [-0.25, -0.2) is 9.97 Å². The molecule has 0 unspecified atom stereocenters. The lowest BCUT2D eigenvalue weighted by molar-refractivity contribution is 0.547. The zero-order chi connectivity index (χ0) is 33.2. The summed E-state index contributed by atoms with van der Waals surface area (Å²) in [7, 11) is 0. The fraction of sp³-hybridized carbons (Fsp3) is 0.886. The molecule has 2 heteroatoms. The Labute approximate surface area is 290 Å². The SMILES string of the molecule is [CH2]CCCc1nc(CCCCCCCCCCCC)c(CCCCCCCCCCCC)c(CCCCCCCCCCCC)n1. The molecule has 0 aliphatic rings. The van der Waals surface area contributed by atoms with Crippen LogP contribution in [0.25, 0.3) is 0 Å². The van der Waals surface area contributed by atoms with Crippen LogP contribution in [0.15, 0.2) is 0 Å². The van der Waals surface area contributed by atoms with Crippen LogP contribution in [0.4, 0.5) is 0 Å². The molecule has 0 saturated carbocycles. The maximum Gasteiger partial charge on any atom is 0.128 e. The molecule has 269 valence electrons. The van der Waals surface area contributed by atoms with E-state index in [2.05, 4.69) is 27.7 Å². The Balaban J connectivity index is 2.68. The van der Waals surface area contributed by atoms with Gasteiger partial charge >= 0.3 is 0 Å². The summed E-state index contributed by atoms with van der Waals surface area (Å²) in [5, 5.41) is 0. The number of unbranched alkanes of at least 4 members (excludes halogenated alkanes) is 28. The summed E-state index contributed by atoms with van der Waals surface area (Å²) in [6.45, 7) is 11.0. The van der Waals surface area contributed by atoms with E-state index >= 15 is 0 Å². The van der Waals surface area contributed by atoms with Crippen molar-refractivity contribution in [2.75, 3.05) is 0 Å². The number of hydrogen-bond acceptors (Lipinski definition) is 2. The highest BCUT2D eigenvalue weighted by Crippen LogP contribution is 2.23. The number of rotatable bonds is 36. The van der Waals surface area contributed by atoms with Crippen LogP contribution in [0, 0.1) is 6.92 Å². The molecule has 2 nitrogen and oxygen atoms in total. The quantitative estimate of drug-likeness (QED) is 0.0683. The topological polar surface area (TPSA) is 25.8 Å². The molecule has 0 saturated heterocycles. The van der Waals surface area contributed by atoms with Crippen molar-refractivity contribution in [1.82, 2.24) is 9.97 Å². The van der Waals surface area contributed by atoms with Gasteiger partial charge in [0.15, 0.2) is 0 Å². The first kappa shape index (κ1) is 43.1. The molecule has 0 spiro atoms. The predicted octanol–water partition coefficient (Wildman–Crippen LogP) is 15.0. The van der Waals surface area contributed by atoms with Gasteiger partial charge < -0.3 is 0 Å². The normalized spacial score (nSPS) is 11.6. The molecule has 1 aromatic heterocycles. The summed E-state index contributed by atoms with van der Waals surface area (Å²) in [5.74, 6) is 1.11. The summed E-state index contributed by atoms with van der Waals surface area (Å²) in [4.78, 5) is 10.5. The van der Waals surface area contributed by atoms with E-state index in [4.69, 9.17) is 9.97 Å². The first-order valence-electron chi connectivity index (χ1n) is 21.4. The Morgan fingerprint density at radius 3 is 0.913 bits per heavy atom. The molecular weight excluding hydrogens is 556 g/mol.